The van der Waals surface area contributed by atoms with E-state index in [1.54, 1.807) is 0 Å². The number of phenolic OH excluding ortho intramolecular Hbond substituents is 2. The molecular formula is C26H38O2. The van der Waals surface area contributed by atoms with Crippen molar-refractivity contribution in [3.05, 3.63) is 57.6 Å². The van der Waals surface area contributed by atoms with Gasteiger partial charge in [0.1, 0.15) is 11.5 Å². The summed E-state index contributed by atoms with van der Waals surface area (Å²) in [6.07, 6.45) is 8.71. The first-order valence-electron chi connectivity index (χ1n) is 11.0. The highest BCUT2D eigenvalue weighted by Gasteiger charge is 2.21. The van der Waals surface area contributed by atoms with Crippen LogP contribution < -0.4 is 0 Å². The Kier molecular flexibility index (Phi) is 8.41. The van der Waals surface area contributed by atoms with Gasteiger partial charge in [0.15, 0.2) is 0 Å². The van der Waals surface area contributed by atoms with E-state index in [1.807, 2.05) is 0 Å². The molecule has 0 aliphatic rings. The predicted molar refractivity (Wildman–Crippen MR) is 120 cm³/mol. The lowest BCUT2D eigenvalue weighted by molar-refractivity contribution is 0.447. The zero-order chi connectivity index (χ0) is 20.7. The van der Waals surface area contributed by atoms with Gasteiger partial charge in [-0.05, 0) is 50.7 Å². The van der Waals surface area contributed by atoms with Gasteiger partial charge in [0.2, 0.25) is 0 Å². The smallest absolute Gasteiger partial charge is 0.122 e. The molecule has 0 atom stereocenters. The molecule has 0 saturated heterocycles. The molecule has 154 valence electrons. The summed E-state index contributed by atoms with van der Waals surface area (Å²) in [7, 11) is 0. The molecule has 2 rings (SSSR count). The van der Waals surface area contributed by atoms with E-state index in [0.29, 0.717) is 11.5 Å². The van der Waals surface area contributed by atoms with E-state index >= 15 is 0 Å². The molecule has 0 aliphatic carbocycles. The first kappa shape index (κ1) is 22.3. The fraction of sp³-hybridized carbons (Fsp3) is 0.538. The van der Waals surface area contributed by atoms with Gasteiger partial charge < -0.3 is 10.2 Å². The second-order valence-electron chi connectivity index (χ2n) is 8.36. The Bertz CT molecular complexity index is 711. The number of unbranched alkanes of at least 4 members (excludes halogenated alkanes) is 4. The Morgan fingerprint density at radius 2 is 1.07 bits per heavy atom. The molecule has 2 aromatic rings. The first-order chi connectivity index (χ1) is 13.4. The SMILES string of the molecule is CCCCCc1cc(C)cc(C(C)c2cc(C)cc(CCCCC)c2O)c1O. The van der Waals surface area contributed by atoms with Crippen molar-refractivity contribution in [2.24, 2.45) is 0 Å². The van der Waals surface area contributed by atoms with Gasteiger partial charge in [0.05, 0.1) is 0 Å². The summed E-state index contributed by atoms with van der Waals surface area (Å²) in [5.41, 5.74) is 6.25. The third-order valence-corrected chi connectivity index (χ3v) is 5.76. The van der Waals surface area contributed by atoms with Crippen LogP contribution >= 0.6 is 0 Å². The summed E-state index contributed by atoms with van der Waals surface area (Å²) in [4.78, 5) is 0. The second kappa shape index (κ2) is 10.5. The van der Waals surface area contributed by atoms with Crippen LogP contribution in [-0.4, -0.2) is 10.2 Å². The number of aryl methyl sites for hydroxylation is 4. The van der Waals surface area contributed by atoms with E-state index in [4.69, 9.17) is 0 Å². The minimum absolute atomic E-state index is 0.0466. The van der Waals surface area contributed by atoms with Crippen LogP contribution in [0.25, 0.3) is 0 Å². The van der Waals surface area contributed by atoms with E-state index in [2.05, 4.69) is 58.9 Å². The van der Waals surface area contributed by atoms with Gasteiger partial charge in [0, 0.05) is 17.0 Å². The lowest BCUT2D eigenvalue weighted by Gasteiger charge is -2.21. The maximum atomic E-state index is 11.0. The Balaban J connectivity index is 2.38. The molecule has 28 heavy (non-hydrogen) atoms. The number of aromatic hydroxyl groups is 2. The highest BCUT2D eigenvalue weighted by Crippen LogP contribution is 2.40. The van der Waals surface area contributed by atoms with E-state index in [-0.39, 0.29) is 5.92 Å². The summed E-state index contributed by atoms with van der Waals surface area (Å²) >= 11 is 0. The average Bonchev–Trinajstić information content (AvgIpc) is 2.66. The third kappa shape index (κ3) is 5.53. The van der Waals surface area contributed by atoms with E-state index in [1.165, 1.54) is 36.8 Å². The largest absolute Gasteiger partial charge is 0.507 e. The van der Waals surface area contributed by atoms with Crippen molar-refractivity contribution in [1.82, 2.24) is 0 Å². The normalized spacial score (nSPS) is 11.4. The van der Waals surface area contributed by atoms with Crippen LogP contribution in [0.4, 0.5) is 0 Å². The summed E-state index contributed by atoms with van der Waals surface area (Å²) in [6, 6.07) is 8.35. The van der Waals surface area contributed by atoms with E-state index < -0.39 is 0 Å². The van der Waals surface area contributed by atoms with Crippen molar-refractivity contribution in [2.75, 3.05) is 0 Å². The summed E-state index contributed by atoms with van der Waals surface area (Å²) in [6.45, 7) is 10.7. The van der Waals surface area contributed by atoms with Crippen molar-refractivity contribution in [2.45, 2.75) is 91.9 Å². The molecular weight excluding hydrogens is 344 g/mol. The molecule has 2 N–H and O–H groups in total. The molecule has 2 nitrogen and oxygen atoms in total. The van der Waals surface area contributed by atoms with E-state index in [9.17, 15) is 10.2 Å². The molecule has 0 spiro atoms. The zero-order valence-electron chi connectivity index (χ0n) is 18.4. The van der Waals surface area contributed by atoms with Gasteiger partial charge in [-0.1, -0.05) is 81.8 Å². The van der Waals surface area contributed by atoms with Gasteiger partial charge in [-0.3, -0.25) is 0 Å². The van der Waals surface area contributed by atoms with Crippen molar-refractivity contribution >= 4 is 0 Å². The quantitative estimate of drug-likeness (QED) is 0.422. The third-order valence-electron chi connectivity index (χ3n) is 5.76. The topological polar surface area (TPSA) is 40.5 Å². The molecule has 0 fully saturated rings. The number of hydrogen-bond acceptors (Lipinski definition) is 2. The molecule has 0 heterocycles. The molecule has 0 saturated carbocycles. The Morgan fingerprint density at radius 3 is 1.43 bits per heavy atom. The fourth-order valence-electron chi connectivity index (χ4n) is 4.11. The standard InChI is InChI=1S/C26H38O2/c1-6-8-10-12-21-14-18(3)16-23(25(21)27)20(5)24-17-19(4)15-22(26(24)28)13-11-9-7-2/h14-17,20,27-28H,6-13H2,1-5H3. The highest BCUT2D eigenvalue weighted by molar-refractivity contribution is 5.53. The van der Waals surface area contributed by atoms with Crippen LogP contribution in [0.5, 0.6) is 11.5 Å². The Morgan fingerprint density at radius 1 is 0.679 bits per heavy atom. The van der Waals surface area contributed by atoms with Crippen LogP contribution in [-0.2, 0) is 12.8 Å². The molecule has 0 radical (unpaired) electrons. The van der Waals surface area contributed by atoms with Crippen LogP contribution in [0, 0.1) is 13.8 Å². The molecule has 0 aliphatic heterocycles. The number of rotatable bonds is 10. The van der Waals surface area contributed by atoms with Gasteiger partial charge in [0.25, 0.3) is 0 Å². The van der Waals surface area contributed by atoms with Crippen molar-refractivity contribution in [1.29, 1.82) is 0 Å². The fourth-order valence-corrected chi connectivity index (χ4v) is 4.11. The number of hydrogen-bond donors (Lipinski definition) is 2. The minimum Gasteiger partial charge on any atom is -0.507 e. The molecule has 0 amide bonds. The van der Waals surface area contributed by atoms with Crippen LogP contribution in [0.1, 0.15) is 98.6 Å². The molecule has 0 unspecified atom stereocenters. The van der Waals surface area contributed by atoms with Gasteiger partial charge >= 0.3 is 0 Å². The van der Waals surface area contributed by atoms with Crippen molar-refractivity contribution in [3.63, 3.8) is 0 Å². The van der Waals surface area contributed by atoms with Crippen molar-refractivity contribution < 1.29 is 10.2 Å². The first-order valence-corrected chi connectivity index (χ1v) is 11.0. The predicted octanol–water partition coefficient (Wildman–Crippen LogP) is 7.33. The number of phenols is 2. The minimum atomic E-state index is -0.0466. The molecule has 2 aromatic carbocycles. The number of benzene rings is 2. The Hall–Kier alpha value is -1.96. The van der Waals surface area contributed by atoms with Gasteiger partial charge in [-0.15, -0.1) is 0 Å². The lowest BCUT2D eigenvalue weighted by Crippen LogP contribution is -2.03. The zero-order valence-corrected chi connectivity index (χ0v) is 18.4. The van der Waals surface area contributed by atoms with Crippen molar-refractivity contribution in [3.8, 4) is 11.5 Å². The highest BCUT2D eigenvalue weighted by atomic mass is 16.3. The van der Waals surface area contributed by atoms with E-state index in [0.717, 1.165) is 47.9 Å². The maximum Gasteiger partial charge on any atom is 0.122 e. The summed E-state index contributed by atoms with van der Waals surface area (Å²) < 4.78 is 0. The van der Waals surface area contributed by atoms with Gasteiger partial charge in [-0.2, -0.15) is 0 Å². The molecule has 2 heteroatoms. The summed E-state index contributed by atoms with van der Waals surface area (Å²) in [5.74, 6) is 0.764. The molecule has 0 bridgehead atoms. The second-order valence-corrected chi connectivity index (χ2v) is 8.36. The summed E-state index contributed by atoms with van der Waals surface area (Å²) in [5, 5.41) is 21.9. The van der Waals surface area contributed by atoms with Crippen LogP contribution in [0.15, 0.2) is 24.3 Å². The monoisotopic (exact) mass is 382 g/mol. The van der Waals surface area contributed by atoms with Gasteiger partial charge in [-0.25, -0.2) is 0 Å². The Labute approximate surface area is 171 Å². The van der Waals surface area contributed by atoms with Crippen LogP contribution in [0.2, 0.25) is 0 Å². The maximum absolute atomic E-state index is 11.0. The molecule has 0 aromatic heterocycles. The average molecular weight is 383 g/mol. The van der Waals surface area contributed by atoms with Crippen LogP contribution in [0.3, 0.4) is 0 Å². The lowest BCUT2D eigenvalue weighted by atomic mass is 9.86.